The van der Waals surface area contributed by atoms with Crippen molar-refractivity contribution in [3.63, 3.8) is 0 Å². The Kier molecular flexibility index (Phi) is 3.09. The van der Waals surface area contributed by atoms with E-state index < -0.39 is 5.69 Å². The van der Waals surface area contributed by atoms with Crippen molar-refractivity contribution in [1.82, 2.24) is 24.4 Å². The van der Waals surface area contributed by atoms with E-state index in [0.29, 0.717) is 17.7 Å². The van der Waals surface area contributed by atoms with E-state index in [1.165, 1.54) is 4.57 Å². The van der Waals surface area contributed by atoms with Crippen LogP contribution in [0.2, 0.25) is 0 Å². The van der Waals surface area contributed by atoms with E-state index in [2.05, 4.69) is 20.2 Å². The SMILES string of the molecule is CCn1c(N2CCNCC2)nc2c1c(=O)[nH]c(=O)n2C. The minimum Gasteiger partial charge on any atom is -0.340 e. The summed E-state index contributed by atoms with van der Waals surface area (Å²) in [5, 5.41) is 3.29. The molecular formula is C12H18N6O2. The minimum atomic E-state index is -0.435. The van der Waals surface area contributed by atoms with E-state index in [0.717, 1.165) is 32.1 Å². The number of H-pyrrole nitrogens is 1. The van der Waals surface area contributed by atoms with Crippen molar-refractivity contribution in [3.8, 4) is 0 Å². The zero-order valence-corrected chi connectivity index (χ0v) is 11.6. The Morgan fingerprint density at radius 2 is 1.95 bits per heavy atom. The number of aromatic amines is 1. The number of piperazine rings is 1. The number of aryl methyl sites for hydroxylation is 2. The lowest BCUT2D eigenvalue weighted by Gasteiger charge is -2.28. The Balaban J connectivity index is 2.28. The first-order chi connectivity index (χ1) is 9.63. The number of hydrogen-bond donors (Lipinski definition) is 2. The molecule has 2 N–H and O–H groups in total. The lowest BCUT2D eigenvalue weighted by molar-refractivity contribution is 0.569. The van der Waals surface area contributed by atoms with Crippen LogP contribution in [-0.4, -0.2) is 45.3 Å². The molecule has 3 heterocycles. The molecule has 0 saturated carbocycles. The summed E-state index contributed by atoms with van der Waals surface area (Å²) >= 11 is 0. The highest BCUT2D eigenvalue weighted by Crippen LogP contribution is 2.19. The molecule has 0 aromatic carbocycles. The maximum absolute atomic E-state index is 12.1. The van der Waals surface area contributed by atoms with Crippen LogP contribution in [0, 0.1) is 0 Å². The van der Waals surface area contributed by atoms with Crippen LogP contribution in [-0.2, 0) is 13.6 Å². The molecule has 0 bridgehead atoms. The Morgan fingerprint density at radius 3 is 2.60 bits per heavy atom. The van der Waals surface area contributed by atoms with Crippen molar-refractivity contribution in [2.24, 2.45) is 7.05 Å². The third-order valence-electron chi connectivity index (χ3n) is 3.70. The first kappa shape index (κ1) is 12.9. The molecule has 0 amide bonds. The number of imidazole rings is 1. The van der Waals surface area contributed by atoms with Gasteiger partial charge < -0.3 is 14.8 Å². The molecule has 1 aliphatic rings. The summed E-state index contributed by atoms with van der Waals surface area (Å²) in [5.74, 6) is 0.760. The zero-order chi connectivity index (χ0) is 14.3. The van der Waals surface area contributed by atoms with Gasteiger partial charge in [0, 0.05) is 39.8 Å². The topological polar surface area (TPSA) is 88.0 Å². The molecule has 0 radical (unpaired) electrons. The summed E-state index contributed by atoms with van der Waals surface area (Å²) in [6.45, 7) is 6.07. The van der Waals surface area contributed by atoms with E-state index in [1.54, 1.807) is 7.05 Å². The summed E-state index contributed by atoms with van der Waals surface area (Å²) in [6, 6.07) is 0. The fourth-order valence-electron chi connectivity index (χ4n) is 2.63. The molecule has 1 saturated heterocycles. The summed E-state index contributed by atoms with van der Waals surface area (Å²) in [4.78, 5) is 32.7. The fourth-order valence-corrected chi connectivity index (χ4v) is 2.63. The van der Waals surface area contributed by atoms with Gasteiger partial charge in [-0.05, 0) is 6.92 Å². The van der Waals surface area contributed by atoms with Crippen molar-refractivity contribution >= 4 is 17.1 Å². The van der Waals surface area contributed by atoms with Crippen LogP contribution < -0.4 is 21.5 Å². The van der Waals surface area contributed by atoms with Crippen LogP contribution in [0.3, 0.4) is 0 Å². The van der Waals surface area contributed by atoms with Gasteiger partial charge in [-0.15, -0.1) is 0 Å². The standard InChI is InChI=1S/C12H18N6O2/c1-3-18-8-9(16(2)12(20)15-10(8)19)14-11(18)17-6-4-13-5-7-17/h13H,3-7H2,1-2H3,(H,15,19,20). The highest BCUT2D eigenvalue weighted by molar-refractivity contribution is 5.74. The second-order valence-corrected chi connectivity index (χ2v) is 4.88. The molecule has 8 nitrogen and oxygen atoms in total. The van der Waals surface area contributed by atoms with Gasteiger partial charge in [-0.2, -0.15) is 4.98 Å². The van der Waals surface area contributed by atoms with Gasteiger partial charge in [-0.1, -0.05) is 0 Å². The maximum Gasteiger partial charge on any atom is 0.329 e. The average Bonchev–Trinajstić information content (AvgIpc) is 2.86. The molecule has 3 rings (SSSR count). The van der Waals surface area contributed by atoms with Crippen LogP contribution in [0.4, 0.5) is 5.95 Å². The molecule has 0 spiro atoms. The highest BCUT2D eigenvalue weighted by Gasteiger charge is 2.21. The molecule has 2 aromatic rings. The number of nitrogens with one attached hydrogen (secondary N) is 2. The Hall–Kier alpha value is -2.09. The number of aromatic nitrogens is 4. The monoisotopic (exact) mass is 278 g/mol. The quantitative estimate of drug-likeness (QED) is 0.724. The Morgan fingerprint density at radius 1 is 1.25 bits per heavy atom. The normalized spacial score (nSPS) is 16.0. The number of rotatable bonds is 2. The van der Waals surface area contributed by atoms with Crippen molar-refractivity contribution in [1.29, 1.82) is 0 Å². The summed E-state index contributed by atoms with van der Waals surface area (Å²) in [7, 11) is 1.62. The van der Waals surface area contributed by atoms with E-state index >= 15 is 0 Å². The average molecular weight is 278 g/mol. The predicted octanol–water partition coefficient (Wildman–Crippen LogP) is -1.15. The second kappa shape index (κ2) is 4.78. The first-order valence-corrected chi connectivity index (χ1v) is 6.78. The molecule has 1 fully saturated rings. The number of hydrogen-bond acceptors (Lipinski definition) is 5. The number of fused-ring (bicyclic) bond motifs is 1. The molecule has 0 unspecified atom stereocenters. The number of nitrogens with zero attached hydrogens (tertiary/aromatic N) is 4. The van der Waals surface area contributed by atoms with Crippen molar-refractivity contribution < 1.29 is 0 Å². The van der Waals surface area contributed by atoms with E-state index in [1.807, 2.05) is 11.5 Å². The van der Waals surface area contributed by atoms with Gasteiger partial charge in [-0.25, -0.2) is 4.79 Å². The second-order valence-electron chi connectivity index (χ2n) is 4.88. The van der Waals surface area contributed by atoms with Crippen LogP contribution in [0.15, 0.2) is 9.59 Å². The molecule has 8 heteroatoms. The van der Waals surface area contributed by atoms with Gasteiger partial charge in [0.1, 0.15) is 0 Å². The van der Waals surface area contributed by atoms with Crippen molar-refractivity contribution in [2.75, 3.05) is 31.1 Å². The van der Waals surface area contributed by atoms with Gasteiger partial charge >= 0.3 is 5.69 Å². The van der Waals surface area contributed by atoms with Crippen LogP contribution >= 0.6 is 0 Å². The predicted molar refractivity (Wildman–Crippen MR) is 76.4 cm³/mol. The maximum atomic E-state index is 12.1. The molecule has 1 aliphatic heterocycles. The van der Waals surface area contributed by atoms with Gasteiger partial charge in [0.2, 0.25) is 5.95 Å². The molecule has 2 aromatic heterocycles. The molecular weight excluding hydrogens is 260 g/mol. The molecule has 0 atom stereocenters. The smallest absolute Gasteiger partial charge is 0.329 e. The van der Waals surface area contributed by atoms with Gasteiger partial charge in [0.15, 0.2) is 11.2 Å². The van der Waals surface area contributed by atoms with Crippen molar-refractivity contribution in [2.45, 2.75) is 13.5 Å². The largest absolute Gasteiger partial charge is 0.340 e. The van der Waals surface area contributed by atoms with E-state index in [9.17, 15) is 9.59 Å². The van der Waals surface area contributed by atoms with Crippen LogP contribution in [0.1, 0.15) is 6.92 Å². The van der Waals surface area contributed by atoms with Gasteiger partial charge in [0.25, 0.3) is 5.56 Å². The summed E-state index contributed by atoms with van der Waals surface area (Å²) in [6.07, 6.45) is 0. The molecule has 108 valence electrons. The van der Waals surface area contributed by atoms with Gasteiger partial charge in [-0.3, -0.25) is 14.3 Å². The minimum absolute atomic E-state index is 0.376. The highest BCUT2D eigenvalue weighted by atomic mass is 16.2. The number of anilines is 1. The third kappa shape index (κ3) is 1.83. The van der Waals surface area contributed by atoms with Crippen LogP contribution in [0.25, 0.3) is 11.2 Å². The zero-order valence-electron chi connectivity index (χ0n) is 11.6. The fraction of sp³-hybridized carbons (Fsp3) is 0.583. The van der Waals surface area contributed by atoms with Gasteiger partial charge in [0.05, 0.1) is 0 Å². The van der Waals surface area contributed by atoms with Crippen molar-refractivity contribution in [3.05, 3.63) is 20.8 Å². The lowest BCUT2D eigenvalue weighted by Crippen LogP contribution is -2.44. The van der Waals surface area contributed by atoms with E-state index in [-0.39, 0.29) is 5.56 Å². The third-order valence-corrected chi connectivity index (χ3v) is 3.70. The Bertz CT molecular complexity index is 750. The lowest BCUT2D eigenvalue weighted by atomic mass is 10.4. The molecule has 0 aliphatic carbocycles. The molecule has 20 heavy (non-hydrogen) atoms. The van der Waals surface area contributed by atoms with Crippen LogP contribution in [0.5, 0.6) is 0 Å². The summed E-state index contributed by atoms with van der Waals surface area (Å²) < 4.78 is 3.26. The van der Waals surface area contributed by atoms with E-state index in [4.69, 9.17) is 0 Å². The first-order valence-electron chi connectivity index (χ1n) is 6.78. The summed E-state index contributed by atoms with van der Waals surface area (Å²) in [5.41, 5.74) is 0.0891. The Labute approximate surface area is 115 Å².